The Bertz CT molecular complexity index is 734. The molecule has 3 aromatic rings. The van der Waals surface area contributed by atoms with Gasteiger partial charge in [0, 0.05) is 5.56 Å². The SMILES string of the molecule is Cc1ccc2nc(-c3ccc(O)c(Cl)c3)oc2c1. The minimum absolute atomic E-state index is 0.0485. The van der Waals surface area contributed by atoms with Crippen LogP contribution in [-0.2, 0) is 0 Å². The number of phenolic OH excluding ortho intramolecular Hbond substituents is 1. The lowest BCUT2D eigenvalue weighted by atomic mass is 10.2. The van der Waals surface area contributed by atoms with Crippen molar-refractivity contribution in [1.29, 1.82) is 0 Å². The first kappa shape index (κ1) is 11.1. The molecule has 3 nitrogen and oxygen atoms in total. The summed E-state index contributed by atoms with van der Waals surface area (Å²) in [6, 6.07) is 10.7. The lowest BCUT2D eigenvalue weighted by Crippen LogP contribution is -1.77. The van der Waals surface area contributed by atoms with Gasteiger partial charge in [0.2, 0.25) is 5.89 Å². The van der Waals surface area contributed by atoms with Gasteiger partial charge in [-0.25, -0.2) is 4.98 Å². The van der Waals surface area contributed by atoms with E-state index in [9.17, 15) is 5.11 Å². The number of oxazole rings is 1. The molecule has 0 bridgehead atoms. The van der Waals surface area contributed by atoms with Crippen molar-refractivity contribution in [2.24, 2.45) is 0 Å². The van der Waals surface area contributed by atoms with Gasteiger partial charge in [-0.2, -0.15) is 0 Å². The minimum Gasteiger partial charge on any atom is -0.506 e. The number of aromatic nitrogens is 1. The highest BCUT2D eigenvalue weighted by atomic mass is 35.5. The normalized spacial score (nSPS) is 11.0. The third-order valence-corrected chi connectivity index (χ3v) is 3.04. The summed E-state index contributed by atoms with van der Waals surface area (Å²) in [5.74, 6) is 0.546. The number of benzene rings is 2. The Hall–Kier alpha value is -2.00. The fourth-order valence-corrected chi connectivity index (χ4v) is 1.98. The minimum atomic E-state index is 0.0485. The summed E-state index contributed by atoms with van der Waals surface area (Å²) < 4.78 is 5.68. The van der Waals surface area contributed by atoms with Gasteiger partial charge >= 0.3 is 0 Å². The third kappa shape index (κ3) is 1.83. The fraction of sp³-hybridized carbons (Fsp3) is 0.0714. The molecule has 0 amide bonds. The maximum atomic E-state index is 9.38. The van der Waals surface area contributed by atoms with Gasteiger partial charge in [-0.15, -0.1) is 0 Å². The van der Waals surface area contributed by atoms with Crippen molar-refractivity contribution >= 4 is 22.7 Å². The second-order valence-corrected chi connectivity index (χ2v) is 4.56. The first-order chi connectivity index (χ1) is 8.63. The van der Waals surface area contributed by atoms with E-state index in [1.807, 2.05) is 25.1 Å². The van der Waals surface area contributed by atoms with Crippen LogP contribution < -0.4 is 0 Å². The molecule has 0 aliphatic rings. The van der Waals surface area contributed by atoms with Crippen LogP contribution in [0.2, 0.25) is 5.02 Å². The number of aryl methyl sites for hydroxylation is 1. The van der Waals surface area contributed by atoms with Crippen molar-refractivity contribution in [1.82, 2.24) is 4.98 Å². The summed E-state index contributed by atoms with van der Waals surface area (Å²) in [4.78, 5) is 4.39. The Labute approximate surface area is 109 Å². The number of hydrogen-bond donors (Lipinski definition) is 1. The molecule has 1 heterocycles. The number of fused-ring (bicyclic) bond motifs is 1. The van der Waals surface area contributed by atoms with Crippen LogP contribution in [0, 0.1) is 6.92 Å². The van der Waals surface area contributed by atoms with Gasteiger partial charge < -0.3 is 9.52 Å². The maximum absolute atomic E-state index is 9.38. The number of phenols is 1. The molecule has 0 radical (unpaired) electrons. The van der Waals surface area contributed by atoms with E-state index in [2.05, 4.69) is 4.98 Å². The molecule has 0 saturated heterocycles. The van der Waals surface area contributed by atoms with Gasteiger partial charge in [0.15, 0.2) is 5.58 Å². The summed E-state index contributed by atoms with van der Waals surface area (Å²) in [7, 11) is 0. The molecule has 0 atom stereocenters. The molecule has 1 N–H and O–H groups in total. The lowest BCUT2D eigenvalue weighted by molar-refractivity contribution is 0.475. The number of hydrogen-bond acceptors (Lipinski definition) is 3. The molecule has 3 rings (SSSR count). The molecule has 1 aromatic heterocycles. The maximum Gasteiger partial charge on any atom is 0.227 e. The summed E-state index contributed by atoms with van der Waals surface area (Å²) >= 11 is 5.87. The van der Waals surface area contributed by atoms with E-state index in [4.69, 9.17) is 16.0 Å². The van der Waals surface area contributed by atoms with E-state index >= 15 is 0 Å². The Balaban J connectivity index is 2.16. The highest BCUT2D eigenvalue weighted by molar-refractivity contribution is 6.32. The molecule has 2 aromatic carbocycles. The lowest BCUT2D eigenvalue weighted by Gasteiger charge is -1.98. The zero-order chi connectivity index (χ0) is 12.7. The average Bonchev–Trinajstić information content (AvgIpc) is 2.75. The molecule has 0 aliphatic heterocycles. The molecule has 4 heteroatoms. The van der Waals surface area contributed by atoms with Crippen molar-refractivity contribution in [3.63, 3.8) is 0 Å². The summed E-state index contributed by atoms with van der Waals surface area (Å²) in [5, 5.41) is 9.67. The standard InChI is InChI=1S/C14H10ClNO2/c1-8-2-4-11-13(6-8)18-14(16-11)9-3-5-12(17)10(15)7-9/h2-7,17H,1H3. The Kier molecular flexibility index (Phi) is 2.49. The van der Waals surface area contributed by atoms with E-state index < -0.39 is 0 Å². The first-order valence-corrected chi connectivity index (χ1v) is 5.87. The van der Waals surface area contributed by atoms with Gasteiger partial charge in [-0.05, 0) is 42.8 Å². The number of rotatable bonds is 1. The summed E-state index contributed by atoms with van der Waals surface area (Å²) in [5.41, 5.74) is 3.41. The number of nitrogens with zero attached hydrogens (tertiary/aromatic N) is 1. The largest absolute Gasteiger partial charge is 0.506 e. The average molecular weight is 260 g/mol. The van der Waals surface area contributed by atoms with Crippen LogP contribution in [0.5, 0.6) is 5.75 Å². The topological polar surface area (TPSA) is 46.3 Å². The van der Waals surface area contributed by atoms with E-state index in [0.717, 1.165) is 22.2 Å². The highest BCUT2D eigenvalue weighted by Gasteiger charge is 2.10. The van der Waals surface area contributed by atoms with Crippen LogP contribution in [0.4, 0.5) is 0 Å². The molecule has 0 unspecified atom stereocenters. The van der Waals surface area contributed by atoms with Crippen molar-refractivity contribution in [2.75, 3.05) is 0 Å². The number of aromatic hydroxyl groups is 1. The van der Waals surface area contributed by atoms with Crippen molar-refractivity contribution < 1.29 is 9.52 Å². The van der Waals surface area contributed by atoms with Crippen LogP contribution >= 0.6 is 11.6 Å². The van der Waals surface area contributed by atoms with Crippen molar-refractivity contribution in [3.05, 3.63) is 47.0 Å². The quantitative estimate of drug-likeness (QED) is 0.714. The second-order valence-electron chi connectivity index (χ2n) is 4.16. The smallest absolute Gasteiger partial charge is 0.227 e. The molecule has 90 valence electrons. The van der Waals surface area contributed by atoms with E-state index in [0.29, 0.717) is 5.89 Å². The zero-order valence-electron chi connectivity index (χ0n) is 9.64. The summed E-state index contributed by atoms with van der Waals surface area (Å²) in [6.07, 6.45) is 0. The Morgan fingerprint density at radius 3 is 2.78 bits per heavy atom. The predicted octanol–water partition coefficient (Wildman–Crippen LogP) is 4.16. The van der Waals surface area contributed by atoms with Gasteiger partial charge in [0.1, 0.15) is 11.3 Å². The Morgan fingerprint density at radius 1 is 1.17 bits per heavy atom. The molecule has 0 saturated carbocycles. The van der Waals surface area contributed by atoms with E-state index in [1.54, 1.807) is 12.1 Å². The monoisotopic (exact) mass is 259 g/mol. The van der Waals surface area contributed by atoms with E-state index in [-0.39, 0.29) is 10.8 Å². The highest BCUT2D eigenvalue weighted by Crippen LogP contribution is 2.30. The summed E-state index contributed by atoms with van der Waals surface area (Å²) in [6.45, 7) is 2.00. The fourth-order valence-electron chi connectivity index (χ4n) is 1.80. The van der Waals surface area contributed by atoms with Crippen LogP contribution in [0.25, 0.3) is 22.6 Å². The van der Waals surface area contributed by atoms with E-state index in [1.165, 1.54) is 6.07 Å². The van der Waals surface area contributed by atoms with Crippen molar-refractivity contribution in [3.8, 4) is 17.2 Å². The van der Waals surface area contributed by atoms with Crippen LogP contribution in [0.15, 0.2) is 40.8 Å². The van der Waals surface area contributed by atoms with Gasteiger partial charge in [-0.1, -0.05) is 17.7 Å². The zero-order valence-corrected chi connectivity index (χ0v) is 10.4. The van der Waals surface area contributed by atoms with Crippen LogP contribution in [-0.4, -0.2) is 10.1 Å². The van der Waals surface area contributed by atoms with Gasteiger partial charge in [-0.3, -0.25) is 0 Å². The van der Waals surface area contributed by atoms with Crippen molar-refractivity contribution in [2.45, 2.75) is 6.92 Å². The van der Waals surface area contributed by atoms with Crippen LogP contribution in [0.3, 0.4) is 0 Å². The Morgan fingerprint density at radius 2 is 2.00 bits per heavy atom. The molecule has 0 aliphatic carbocycles. The molecule has 18 heavy (non-hydrogen) atoms. The molecule has 0 spiro atoms. The third-order valence-electron chi connectivity index (χ3n) is 2.74. The van der Waals surface area contributed by atoms with Crippen LogP contribution in [0.1, 0.15) is 5.56 Å². The second kappa shape index (κ2) is 4.03. The first-order valence-electron chi connectivity index (χ1n) is 5.49. The molecular formula is C14H10ClNO2. The van der Waals surface area contributed by atoms with Gasteiger partial charge in [0.05, 0.1) is 5.02 Å². The molecular weight excluding hydrogens is 250 g/mol. The predicted molar refractivity (Wildman–Crippen MR) is 70.9 cm³/mol. The molecule has 0 fully saturated rings. The number of halogens is 1. The van der Waals surface area contributed by atoms with Gasteiger partial charge in [0.25, 0.3) is 0 Å².